The molecular formula is C20H26N4O4. The molecule has 150 valence electrons. The summed E-state index contributed by atoms with van der Waals surface area (Å²) in [7, 11) is 3.20. The molecule has 1 aromatic carbocycles. The highest BCUT2D eigenvalue weighted by Crippen LogP contribution is 2.27. The van der Waals surface area contributed by atoms with E-state index in [4.69, 9.17) is 14.2 Å². The van der Waals surface area contributed by atoms with Gasteiger partial charge in [0.05, 0.1) is 32.7 Å². The van der Waals surface area contributed by atoms with E-state index in [2.05, 4.69) is 20.6 Å². The van der Waals surface area contributed by atoms with Crippen molar-refractivity contribution in [1.29, 1.82) is 0 Å². The molecule has 1 fully saturated rings. The van der Waals surface area contributed by atoms with Crippen LogP contribution in [0.15, 0.2) is 30.6 Å². The first-order valence-electron chi connectivity index (χ1n) is 9.36. The van der Waals surface area contributed by atoms with Crippen LogP contribution in [-0.4, -0.2) is 55.9 Å². The van der Waals surface area contributed by atoms with E-state index in [9.17, 15) is 4.79 Å². The zero-order valence-corrected chi connectivity index (χ0v) is 16.2. The maximum atomic E-state index is 12.2. The van der Waals surface area contributed by atoms with Gasteiger partial charge in [-0.1, -0.05) is 6.07 Å². The van der Waals surface area contributed by atoms with Crippen LogP contribution >= 0.6 is 0 Å². The van der Waals surface area contributed by atoms with E-state index in [-0.39, 0.29) is 17.7 Å². The molecule has 1 saturated heterocycles. The number of methoxy groups -OCH3 is 2. The lowest BCUT2D eigenvalue weighted by Gasteiger charge is -2.11. The van der Waals surface area contributed by atoms with Crippen molar-refractivity contribution in [3.63, 3.8) is 0 Å². The summed E-state index contributed by atoms with van der Waals surface area (Å²) < 4.78 is 16.1. The van der Waals surface area contributed by atoms with E-state index >= 15 is 0 Å². The number of benzene rings is 1. The minimum Gasteiger partial charge on any atom is -0.493 e. The molecule has 1 aromatic heterocycles. The maximum Gasteiger partial charge on any atom is 0.271 e. The van der Waals surface area contributed by atoms with Crippen molar-refractivity contribution < 1.29 is 19.0 Å². The summed E-state index contributed by atoms with van der Waals surface area (Å²) in [6, 6.07) is 5.70. The smallest absolute Gasteiger partial charge is 0.271 e. The SMILES string of the molecule is COc1ccc(CCNC(=O)c2cnc(NCC3CCCO3)cn2)cc1OC. The van der Waals surface area contributed by atoms with Gasteiger partial charge in [0.25, 0.3) is 5.91 Å². The Morgan fingerprint density at radius 3 is 2.75 bits per heavy atom. The van der Waals surface area contributed by atoms with Crippen molar-refractivity contribution in [3.05, 3.63) is 41.9 Å². The molecule has 1 amide bonds. The molecule has 3 rings (SSSR count). The van der Waals surface area contributed by atoms with Crippen LogP contribution in [0, 0.1) is 0 Å². The molecule has 0 saturated carbocycles. The zero-order chi connectivity index (χ0) is 19.8. The summed E-state index contributed by atoms with van der Waals surface area (Å²) >= 11 is 0. The quantitative estimate of drug-likeness (QED) is 0.681. The second kappa shape index (κ2) is 9.89. The monoisotopic (exact) mass is 386 g/mol. The molecule has 2 aromatic rings. The molecule has 0 radical (unpaired) electrons. The average Bonchev–Trinajstić information content (AvgIpc) is 3.26. The third-order valence-electron chi connectivity index (χ3n) is 4.57. The first-order chi connectivity index (χ1) is 13.7. The number of rotatable bonds is 9. The molecule has 8 nitrogen and oxygen atoms in total. The van der Waals surface area contributed by atoms with Gasteiger partial charge in [-0.25, -0.2) is 9.97 Å². The lowest BCUT2D eigenvalue weighted by molar-refractivity contribution is 0.0948. The van der Waals surface area contributed by atoms with Crippen LogP contribution in [0.5, 0.6) is 11.5 Å². The highest BCUT2D eigenvalue weighted by atomic mass is 16.5. The number of hydrogen-bond acceptors (Lipinski definition) is 7. The van der Waals surface area contributed by atoms with Gasteiger partial charge in [0.1, 0.15) is 11.5 Å². The number of ether oxygens (including phenoxy) is 3. The van der Waals surface area contributed by atoms with E-state index in [1.807, 2.05) is 18.2 Å². The second-order valence-corrected chi connectivity index (χ2v) is 6.50. The number of anilines is 1. The predicted octanol–water partition coefficient (Wildman–Crippen LogP) is 2.06. The van der Waals surface area contributed by atoms with Gasteiger partial charge in [-0.15, -0.1) is 0 Å². The Hall–Kier alpha value is -2.87. The Morgan fingerprint density at radius 2 is 2.07 bits per heavy atom. The summed E-state index contributed by atoms with van der Waals surface area (Å²) in [4.78, 5) is 20.7. The lowest BCUT2D eigenvalue weighted by atomic mass is 10.1. The minimum atomic E-state index is -0.251. The van der Waals surface area contributed by atoms with Crippen molar-refractivity contribution in [1.82, 2.24) is 15.3 Å². The third-order valence-corrected chi connectivity index (χ3v) is 4.57. The number of aromatic nitrogens is 2. The Balaban J connectivity index is 1.45. The molecule has 28 heavy (non-hydrogen) atoms. The normalized spacial score (nSPS) is 15.9. The molecule has 8 heteroatoms. The topological polar surface area (TPSA) is 94.6 Å². The molecule has 1 unspecified atom stereocenters. The van der Waals surface area contributed by atoms with Gasteiger partial charge in [-0.05, 0) is 37.0 Å². The lowest BCUT2D eigenvalue weighted by Crippen LogP contribution is -2.27. The third kappa shape index (κ3) is 5.32. The Labute approximate surface area is 164 Å². The molecule has 2 heterocycles. The fourth-order valence-electron chi connectivity index (χ4n) is 3.01. The first kappa shape index (κ1) is 19.9. The average molecular weight is 386 g/mol. The van der Waals surface area contributed by atoms with Crippen LogP contribution in [0.4, 0.5) is 5.82 Å². The second-order valence-electron chi connectivity index (χ2n) is 6.50. The van der Waals surface area contributed by atoms with Crippen molar-refractivity contribution in [3.8, 4) is 11.5 Å². The fraction of sp³-hybridized carbons (Fsp3) is 0.450. The summed E-state index contributed by atoms with van der Waals surface area (Å²) in [5, 5.41) is 6.04. The Morgan fingerprint density at radius 1 is 1.21 bits per heavy atom. The van der Waals surface area contributed by atoms with E-state index in [1.54, 1.807) is 20.4 Å². The Bertz CT molecular complexity index is 776. The van der Waals surface area contributed by atoms with Gasteiger partial charge in [0.15, 0.2) is 11.5 Å². The van der Waals surface area contributed by atoms with Gasteiger partial charge >= 0.3 is 0 Å². The summed E-state index contributed by atoms with van der Waals surface area (Å²) in [6.07, 6.45) is 6.09. The van der Waals surface area contributed by atoms with E-state index in [0.29, 0.717) is 36.8 Å². The fourth-order valence-corrected chi connectivity index (χ4v) is 3.01. The molecule has 1 atom stereocenters. The van der Waals surface area contributed by atoms with Crippen LogP contribution in [0.3, 0.4) is 0 Å². The number of carbonyl (C=O) groups is 1. The van der Waals surface area contributed by atoms with Crippen LogP contribution in [-0.2, 0) is 11.2 Å². The van der Waals surface area contributed by atoms with Gasteiger partial charge in [0.2, 0.25) is 0 Å². The molecule has 0 aliphatic carbocycles. The number of nitrogens with zero attached hydrogens (tertiary/aromatic N) is 2. The van der Waals surface area contributed by atoms with Crippen LogP contribution in [0.1, 0.15) is 28.9 Å². The molecule has 1 aliphatic rings. The van der Waals surface area contributed by atoms with Crippen LogP contribution in [0.2, 0.25) is 0 Å². The summed E-state index contributed by atoms with van der Waals surface area (Å²) in [5.74, 6) is 1.73. The maximum absolute atomic E-state index is 12.2. The molecular weight excluding hydrogens is 360 g/mol. The number of amides is 1. The van der Waals surface area contributed by atoms with E-state index in [1.165, 1.54) is 6.20 Å². The zero-order valence-electron chi connectivity index (χ0n) is 16.2. The van der Waals surface area contributed by atoms with E-state index < -0.39 is 0 Å². The number of nitrogens with one attached hydrogen (secondary N) is 2. The Kier molecular flexibility index (Phi) is 7.02. The molecule has 2 N–H and O–H groups in total. The minimum absolute atomic E-state index is 0.223. The molecule has 0 spiro atoms. The standard InChI is InChI=1S/C20H26N4O4/c1-26-17-6-5-14(10-18(17)27-2)7-8-21-20(25)16-12-24-19(13-22-16)23-11-15-4-3-9-28-15/h5-6,10,12-13,15H,3-4,7-9,11H2,1-2H3,(H,21,25)(H,23,24). The van der Waals surface area contributed by atoms with Crippen molar-refractivity contribution in [2.75, 3.05) is 39.2 Å². The van der Waals surface area contributed by atoms with Crippen LogP contribution < -0.4 is 20.1 Å². The molecule has 1 aliphatic heterocycles. The van der Waals surface area contributed by atoms with Gasteiger partial charge in [-0.3, -0.25) is 4.79 Å². The highest BCUT2D eigenvalue weighted by Gasteiger charge is 2.15. The van der Waals surface area contributed by atoms with Gasteiger partial charge in [0, 0.05) is 19.7 Å². The first-order valence-corrected chi connectivity index (χ1v) is 9.36. The number of hydrogen-bond donors (Lipinski definition) is 2. The number of carbonyl (C=O) groups excluding carboxylic acids is 1. The highest BCUT2D eigenvalue weighted by molar-refractivity contribution is 5.92. The van der Waals surface area contributed by atoms with Crippen molar-refractivity contribution >= 4 is 11.7 Å². The van der Waals surface area contributed by atoms with Crippen molar-refractivity contribution in [2.24, 2.45) is 0 Å². The van der Waals surface area contributed by atoms with E-state index in [0.717, 1.165) is 25.0 Å². The van der Waals surface area contributed by atoms with Gasteiger partial charge < -0.3 is 24.8 Å². The van der Waals surface area contributed by atoms with Crippen molar-refractivity contribution in [2.45, 2.75) is 25.4 Å². The predicted molar refractivity (Wildman–Crippen MR) is 105 cm³/mol. The molecule has 0 bridgehead atoms. The summed E-state index contributed by atoms with van der Waals surface area (Å²) in [6.45, 7) is 2.00. The van der Waals surface area contributed by atoms with Crippen LogP contribution in [0.25, 0.3) is 0 Å². The largest absolute Gasteiger partial charge is 0.493 e. The van der Waals surface area contributed by atoms with Gasteiger partial charge in [-0.2, -0.15) is 0 Å². The summed E-state index contributed by atoms with van der Waals surface area (Å²) in [5.41, 5.74) is 1.33.